The molecule has 0 aromatic heterocycles. The number of ketones is 1. The maximum Gasteiger partial charge on any atom is 0.270 e. The molecular weight excluding hydrogens is 338 g/mol. The first-order valence-corrected chi connectivity index (χ1v) is 6.93. The van der Waals surface area contributed by atoms with Crippen molar-refractivity contribution in [2.24, 2.45) is 0 Å². The highest BCUT2D eigenvalue weighted by atomic mass is 79.9. The van der Waals surface area contributed by atoms with Crippen molar-refractivity contribution < 1.29 is 14.5 Å². The van der Waals surface area contributed by atoms with Crippen molar-refractivity contribution >= 4 is 27.4 Å². The second-order valence-corrected chi connectivity index (χ2v) is 5.31. The molecule has 0 spiro atoms. The summed E-state index contributed by atoms with van der Waals surface area (Å²) in [6.45, 7) is 1.77. The molecule has 0 bridgehead atoms. The average molecular weight is 350 g/mol. The molecule has 2 rings (SSSR count). The normalized spacial score (nSPS) is 10.2. The van der Waals surface area contributed by atoms with Crippen LogP contribution in [0.2, 0.25) is 0 Å². The minimum Gasteiger partial charge on any atom is -0.484 e. The second-order valence-electron chi connectivity index (χ2n) is 4.45. The molecule has 0 aliphatic rings. The number of ether oxygens (including phenoxy) is 1. The number of hydrogen-bond acceptors (Lipinski definition) is 4. The van der Waals surface area contributed by atoms with Crippen LogP contribution in [0.1, 0.15) is 15.9 Å². The van der Waals surface area contributed by atoms with Gasteiger partial charge in [0.15, 0.2) is 12.4 Å². The highest BCUT2D eigenvalue weighted by Gasteiger charge is 2.12. The smallest absolute Gasteiger partial charge is 0.270 e. The first-order chi connectivity index (χ1) is 9.97. The van der Waals surface area contributed by atoms with Crippen LogP contribution >= 0.6 is 15.9 Å². The Morgan fingerprint density at radius 3 is 2.71 bits per heavy atom. The molecule has 2 aromatic carbocycles. The number of hydrogen-bond donors (Lipinski definition) is 0. The summed E-state index contributed by atoms with van der Waals surface area (Å²) in [6.07, 6.45) is 0. The van der Waals surface area contributed by atoms with Gasteiger partial charge in [-0.2, -0.15) is 0 Å². The molecule has 0 radical (unpaired) electrons. The van der Waals surface area contributed by atoms with Crippen LogP contribution in [0.5, 0.6) is 5.75 Å². The Hall–Kier alpha value is -2.21. The topological polar surface area (TPSA) is 69.4 Å². The fourth-order valence-electron chi connectivity index (χ4n) is 1.74. The summed E-state index contributed by atoms with van der Waals surface area (Å²) in [7, 11) is 0. The number of non-ortho nitro benzene ring substituents is 1. The number of nitrogens with zero attached hydrogens (tertiary/aromatic N) is 1. The lowest BCUT2D eigenvalue weighted by molar-refractivity contribution is -0.384. The third-order valence-corrected chi connectivity index (χ3v) is 3.44. The molecule has 6 heteroatoms. The molecule has 0 saturated heterocycles. The van der Waals surface area contributed by atoms with Gasteiger partial charge in [-0.25, -0.2) is 0 Å². The Morgan fingerprint density at radius 1 is 1.29 bits per heavy atom. The van der Waals surface area contributed by atoms with Gasteiger partial charge < -0.3 is 4.74 Å². The Balaban J connectivity index is 2.08. The maximum atomic E-state index is 12.0. The first-order valence-electron chi connectivity index (χ1n) is 6.14. The van der Waals surface area contributed by atoms with E-state index >= 15 is 0 Å². The van der Waals surface area contributed by atoms with Crippen LogP contribution in [0.25, 0.3) is 0 Å². The number of rotatable bonds is 5. The molecule has 0 amide bonds. The van der Waals surface area contributed by atoms with Gasteiger partial charge in [-0.3, -0.25) is 14.9 Å². The summed E-state index contributed by atoms with van der Waals surface area (Å²) >= 11 is 3.36. The van der Waals surface area contributed by atoms with Gasteiger partial charge in [-0.15, -0.1) is 0 Å². The van der Waals surface area contributed by atoms with Crippen LogP contribution in [0, 0.1) is 17.0 Å². The minimum absolute atomic E-state index is 0.114. The number of benzene rings is 2. The third-order valence-electron chi connectivity index (χ3n) is 2.83. The van der Waals surface area contributed by atoms with E-state index < -0.39 is 4.92 Å². The zero-order valence-corrected chi connectivity index (χ0v) is 12.8. The van der Waals surface area contributed by atoms with Crippen molar-refractivity contribution in [3.63, 3.8) is 0 Å². The van der Waals surface area contributed by atoms with E-state index in [0.717, 1.165) is 10.0 Å². The van der Waals surface area contributed by atoms with E-state index in [9.17, 15) is 14.9 Å². The van der Waals surface area contributed by atoms with Gasteiger partial charge in [0, 0.05) is 17.7 Å². The van der Waals surface area contributed by atoms with Crippen molar-refractivity contribution in [3.8, 4) is 5.75 Å². The minimum atomic E-state index is -0.534. The Kier molecular flexibility index (Phi) is 4.70. The number of nitro benzene ring substituents is 1. The van der Waals surface area contributed by atoms with Gasteiger partial charge in [0.05, 0.1) is 9.40 Å². The molecule has 108 valence electrons. The van der Waals surface area contributed by atoms with Crippen molar-refractivity contribution in [1.82, 2.24) is 0 Å². The van der Waals surface area contributed by atoms with E-state index in [0.29, 0.717) is 5.75 Å². The van der Waals surface area contributed by atoms with Crippen LogP contribution in [0.15, 0.2) is 46.9 Å². The standard InChI is InChI=1S/C15H12BrNO4/c1-10-5-6-15(13(16)7-10)21-9-14(18)11-3-2-4-12(8-11)17(19)20/h2-8H,9H2,1H3. The molecule has 21 heavy (non-hydrogen) atoms. The number of Topliss-reactive ketones (excluding diaryl/α,β-unsaturated/α-hetero) is 1. The van der Waals surface area contributed by atoms with Crippen LogP contribution in [0.4, 0.5) is 5.69 Å². The summed E-state index contributed by atoms with van der Waals surface area (Å²) in [6, 6.07) is 11.1. The van der Waals surface area contributed by atoms with Gasteiger partial charge in [0.2, 0.25) is 0 Å². The number of nitro groups is 1. The van der Waals surface area contributed by atoms with Crippen LogP contribution in [-0.2, 0) is 0 Å². The Bertz CT molecular complexity index is 700. The van der Waals surface area contributed by atoms with E-state index in [-0.39, 0.29) is 23.6 Å². The second kappa shape index (κ2) is 6.49. The maximum absolute atomic E-state index is 12.0. The summed E-state index contributed by atoms with van der Waals surface area (Å²) in [5.41, 5.74) is 1.21. The molecule has 2 aromatic rings. The largest absolute Gasteiger partial charge is 0.484 e. The zero-order valence-electron chi connectivity index (χ0n) is 11.2. The molecule has 0 atom stereocenters. The summed E-state index contributed by atoms with van der Waals surface area (Å²) in [5, 5.41) is 10.7. The number of carbonyl (C=O) groups excluding carboxylic acids is 1. The lowest BCUT2D eigenvalue weighted by Gasteiger charge is -2.08. The number of halogens is 1. The van der Waals surface area contributed by atoms with Crippen molar-refractivity contribution in [2.75, 3.05) is 6.61 Å². The van der Waals surface area contributed by atoms with Gasteiger partial charge in [-0.1, -0.05) is 18.2 Å². The summed E-state index contributed by atoms with van der Waals surface area (Å²) in [4.78, 5) is 22.2. The highest BCUT2D eigenvalue weighted by molar-refractivity contribution is 9.10. The first kappa shape index (κ1) is 15.2. The number of carbonyl (C=O) groups is 1. The molecule has 0 heterocycles. The molecule has 0 aliphatic heterocycles. The average Bonchev–Trinajstić information content (AvgIpc) is 2.46. The Morgan fingerprint density at radius 2 is 2.05 bits per heavy atom. The molecule has 5 nitrogen and oxygen atoms in total. The number of aryl methyl sites for hydroxylation is 1. The fraction of sp³-hybridized carbons (Fsp3) is 0.133. The van der Waals surface area contributed by atoms with Gasteiger partial charge in [0.1, 0.15) is 5.75 Å². The van der Waals surface area contributed by atoms with E-state index in [1.165, 1.54) is 24.3 Å². The third kappa shape index (κ3) is 3.88. The van der Waals surface area contributed by atoms with Gasteiger partial charge in [0.25, 0.3) is 5.69 Å². The fourth-order valence-corrected chi connectivity index (χ4v) is 2.35. The van der Waals surface area contributed by atoms with Gasteiger partial charge in [-0.05, 0) is 40.5 Å². The molecule has 0 fully saturated rings. The SMILES string of the molecule is Cc1ccc(OCC(=O)c2cccc([N+](=O)[O-])c2)c(Br)c1. The molecule has 0 N–H and O–H groups in total. The van der Waals surface area contributed by atoms with E-state index in [4.69, 9.17) is 4.74 Å². The predicted octanol–water partition coefficient (Wildman–Crippen LogP) is 3.93. The van der Waals surface area contributed by atoms with Crippen LogP contribution in [-0.4, -0.2) is 17.3 Å². The van der Waals surface area contributed by atoms with Gasteiger partial charge >= 0.3 is 0 Å². The molecule has 0 unspecified atom stereocenters. The highest BCUT2D eigenvalue weighted by Crippen LogP contribution is 2.26. The van der Waals surface area contributed by atoms with Crippen LogP contribution < -0.4 is 4.74 Å². The molecule has 0 aliphatic carbocycles. The molecule has 0 saturated carbocycles. The monoisotopic (exact) mass is 349 g/mol. The summed E-state index contributed by atoms with van der Waals surface area (Å²) in [5.74, 6) is 0.241. The van der Waals surface area contributed by atoms with Crippen molar-refractivity contribution in [3.05, 3.63) is 68.2 Å². The van der Waals surface area contributed by atoms with E-state index in [1.54, 1.807) is 6.07 Å². The lowest BCUT2D eigenvalue weighted by Crippen LogP contribution is -2.12. The van der Waals surface area contributed by atoms with Crippen molar-refractivity contribution in [1.29, 1.82) is 0 Å². The van der Waals surface area contributed by atoms with Crippen molar-refractivity contribution in [2.45, 2.75) is 6.92 Å². The zero-order chi connectivity index (χ0) is 15.4. The summed E-state index contributed by atoms with van der Waals surface area (Å²) < 4.78 is 6.20. The van der Waals surface area contributed by atoms with Crippen LogP contribution in [0.3, 0.4) is 0 Å². The predicted molar refractivity (Wildman–Crippen MR) is 81.8 cm³/mol. The Labute approximate surface area is 129 Å². The molecular formula is C15H12BrNO4. The van der Waals surface area contributed by atoms with E-state index in [2.05, 4.69) is 15.9 Å². The van der Waals surface area contributed by atoms with E-state index in [1.807, 2.05) is 19.1 Å². The quantitative estimate of drug-likeness (QED) is 0.465. The lowest BCUT2D eigenvalue weighted by atomic mass is 10.1.